The number of hydrogen-bond acceptors (Lipinski definition) is 2. The fourth-order valence-corrected chi connectivity index (χ4v) is 0.929. The number of aliphatic hydroxyl groups is 2. The molecule has 0 amide bonds. The highest BCUT2D eigenvalue weighted by Gasteiger charge is 2.11. The van der Waals surface area contributed by atoms with Crippen molar-refractivity contribution in [2.24, 2.45) is 0 Å². The first kappa shape index (κ1) is 8.24. The van der Waals surface area contributed by atoms with Crippen LogP contribution in [-0.4, -0.2) is 16.3 Å². The molecule has 2 nitrogen and oxygen atoms in total. The molecule has 1 rings (SSSR count). The third-order valence-corrected chi connectivity index (χ3v) is 1.60. The largest absolute Gasteiger partial charge is 0.390 e. The summed E-state index contributed by atoms with van der Waals surface area (Å²) in [7, 11) is 0. The highest BCUT2D eigenvalue weighted by atomic mass is 16.3. The van der Waals surface area contributed by atoms with Crippen LogP contribution in [0.25, 0.3) is 0 Å². The van der Waals surface area contributed by atoms with Gasteiger partial charge in [0.15, 0.2) is 0 Å². The van der Waals surface area contributed by atoms with Crippen LogP contribution >= 0.6 is 0 Å². The molecule has 2 N–H and O–H groups in total. The first-order valence-corrected chi connectivity index (χ1v) is 3.63. The molecule has 0 aliphatic heterocycles. The van der Waals surface area contributed by atoms with E-state index >= 15 is 0 Å². The average Bonchev–Trinajstić information content (AvgIpc) is 2.05. The van der Waals surface area contributed by atoms with Crippen molar-refractivity contribution in [1.29, 1.82) is 0 Å². The van der Waals surface area contributed by atoms with Crippen LogP contribution in [0.4, 0.5) is 0 Å². The number of rotatable bonds is 2. The Hall–Kier alpha value is -0.860. The Balaban J connectivity index is 2.77. The van der Waals surface area contributed by atoms with Gasteiger partial charge in [-0.1, -0.05) is 30.3 Å². The second kappa shape index (κ2) is 3.51. The zero-order chi connectivity index (χ0) is 8.27. The maximum atomic E-state index is 9.35. The molecule has 1 aromatic rings. The zero-order valence-electron chi connectivity index (χ0n) is 6.44. The molecule has 0 spiro atoms. The van der Waals surface area contributed by atoms with E-state index in [0.717, 1.165) is 5.56 Å². The lowest BCUT2D eigenvalue weighted by Gasteiger charge is -2.12. The Morgan fingerprint density at radius 2 is 1.64 bits per heavy atom. The van der Waals surface area contributed by atoms with Gasteiger partial charge < -0.3 is 10.2 Å². The summed E-state index contributed by atoms with van der Waals surface area (Å²) in [6.07, 6.45) is -1.48. The summed E-state index contributed by atoms with van der Waals surface area (Å²) >= 11 is 0. The number of hydrogen-bond donors (Lipinski definition) is 2. The monoisotopic (exact) mass is 152 g/mol. The van der Waals surface area contributed by atoms with Gasteiger partial charge in [0.1, 0.15) is 6.10 Å². The van der Waals surface area contributed by atoms with Crippen LogP contribution in [0.3, 0.4) is 0 Å². The van der Waals surface area contributed by atoms with Crippen LogP contribution in [0, 0.1) is 0 Å². The van der Waals surface area contributed by atoms with Gasteiger partial charge in [-0.2, -0.15) is 0 Å². The van der Waals surface area contributed by atoms with Crippen molar-refractivity contribution in [2.75, 3.05) is 0 Å². The smallest absolute Gasteiger partial charge is 0.105 e. The van der Waals surface area contributed by atoms with E-state index in [1.165, 1.54) is 0 Å². The second-order valence-electron chi connectivity index (χ2n) is 2.60. The van der Waals surface area contributed by atoms with Crippen LogP contribution < -0.4 is 0 Å². The van der Waals surface area contributed by atoms with E-state index in [2.05, 4.69) is 0 Å². The van der Waals surface area contributed by atoms with Crippen molar-refractivity contribution in [3.63, 3.8) is 0 Å². The van der Waals surface area contributed by atoms with E-state index in [9.17, 15) is 5.11 Å². The lowest BCUT2D eigenvalue weighted by atomic mass is 10.1. The van der Waals surface area contributed by atoms with E-state index in [4.69, 9.17) is 5.11 Å². The normalized spacial score (nSPS) is 15.9. The van der Waals surface area contributed by atoms with Crippen molar-refractivity contribution in [2.45, 2.75) is 19.1 Å². The summed E-state index contributed by atoms with van der Waals surface area (Å²) in [5.41, 5.74) is 0.752. The van der Waals surface area contributed by atoms with E-state index in [0.29, 0.717) is 0 Å². The predicted molar refractivity (Wildman–Crippen MR) is 43.1 cm³/mol. The topological polar surface area (TPSA) is 40.5 Å². The molecule has 1 aromatic carbocycles. The summed E-state index contributed by atoms with van der Waals surface area (Å²) in [5, 5.41) is 18.4. The van der Waals surface area contributed by atoms with Crippen molar-refractivity contribution >= 4 is 0 Å². The Morgan fingerprint density at radius 3 is 2.09 bits per heavy atom. The lowest BCUT2D eigenvalue weighted by Crippen LogP contribution is -2.13. The molecule has 2 heteroatoms. The number of aliphatic hydroxyl groups excluding tert-OH is 2. The fourth-order valence-electron chi connectivity index (χ4n) is 0.929. The Bertz CT molecular complexity index is 206. The minimum absolute atomic E-state index is 0.711. The third kappa shape index (κ3) is 2.03. The minimum atomic E-state index is -0.767. The SMILES string of the molecule is CC(O)[C@@H](O)c1ccccc1. The highest BCUT2D eigenvalue weighted by molar-refractivity contribution is 5.17. The Kier molecular flexibility index (Phi) is 2.63. The van der Waals surface area contributed by atoms with Crippen molar-refractivity contribution < 1.29 is 10.2 Å². The summed E-state index contributed by atoms with van der Waals surface area (Å²) in [6.45, 7) is 1.57. The van der Waals surface area contributed by atoms with Gasteiger partial charge in [-0.15, -0.1) is 0 Å². The standard InChI is InChI=1S/C9H12O2/c1-7(10)9(11)8-5-3-2-4-6-8/h2-7,9-11H,1H3/t7?,9-/m1/s1. The summed E-state index contributed by atoms with van der Waals surface area (Å²) in [4.78, 5) is 0. The molecule has 60 valence electrons. The maximum Gasteiger partial charge on any atom is 0.105 e. The molecular weight excluding hydrogens is 140 g/mol. The van der Waals surface area contributed by atoms with Gasteiger partial charge in [0, 0.05) is 0 Å². The van der Waals surface area contributed by atoms with Gasteiger partial charge in [-0.05, 0) is 12.5 Å². The van der Waals surface area contributed by atoms with E-state index < -0.39 is 12.2 Å². The predicted octanol–water partition coefficient (Wildman–Crippen LogP) is 1.10. The number of benzene rings is 1. The first-order chi connectivity index (χ1) is 5.22. The van der Waals surface area contributed by atoms with E-state index in [1.807, 2.05) is 18.2 Å². The highest BCUT2D eigenvalue weighted by Crippen LogP contribution is 2.15. The zero-order valence-corrected chi connectivity index (χ0v) is 6.44. The van der Waals surface area contributed by atoms with Gasteiger partial charge in [-0.3, -0.25) is 0 Å². The minimum Gasteiger partial charge on any atom is -0.390 e. The molecule has 0 aliphatic carbocycles. The Morgan fingerprint density at radius 1 is 1.09 bits per heavy atom. The van der Waals surface area contributed by atoms with Crippen LogP contribution in [0.2, 0.25) is 0 Å². The lowest BCUT2D eigenvalue weighted by molar-refractivity contribution is 0.0305. The summed E-state index contributed by atoms with van der Waals surface area (Å²) < 4.78 is 0. The molecular formula is C9H12O2. The van der Waals surface area contributed by atoms with Crippen molar-refractivity contribution in [1.82, 2.24) is 0 Å². The molecule has 0 aliphatic rings. The molecule has 0 aromatic heterocycles. The summed E-state index contributed by atoms with van der Waals surface area (Å²) in [5.74, 6) is 0. The molecule has 0 saturated heterocycles. The van der Waals surface area contributed by atoms with E-state index in [-0.39, 0.29) is 0 Å². The molecule has 0 saturated carbocycles. The fraction of sp³-hybridized carbons (Fsp3) is 0.333. The van der Waals surface area contributed by atoms with Gasteiger partial charge in [0.25, 0.3) is 0 Å². The first-order valence-electron chi connectivity index (χ1n) is 3.63. The Labute approximate surface area is 66.1 Å². The maximum absolute atomic E-state index is 9.35. The van der Waals surface area contributed by atoms with E-state index in [1.54, 1.807) is 19.1 Å². The van der Waals surface area contributed by atoms with Crippen LogP contribution in [0.15, 0.2) is 30.3 Å². The van der Waals surface area contributed by atoms with Crippen LogP contribution in [0.1, 0.15) is 18.6 Å². The second-order valence-corrected chi connectivity index (χ2v) is 2.60. The van der Waals surface area contributed by atoms with Gasteiger partial charge in [0.2, 0.25) is 0 Å². The van der Waals surface area contributed by atoms with Gasteiger partial charge in [-0.25, -0.2) is 0 Å². The van der Waals surface area contributed by atoms with Crippen LogP contribution in [0.5, 0.6) is 0 Å². The summed E-state index contributed by atoms with van der Waals surface area (Å²) in [6, 6.07) is 9.12. The molecule has 0 heterocycles. The van der Waals surface area contributed by atoms with Crippen molar-refractivity contribution in [3.8, 4) is 0 Å². The van der Waals surface area contributed by atoms with Crippen LogP contribution in [-0.2, 0) is 0 Å². The average molecular weight is 152 g/mol. The molecule has 1 unspecified atom stereocenters. The quantitative estimate of drug-likeness (QED) is 0.666. The molecule has 2 atom stereocenters. The molecule has 0 fully saturated rings. The molecule has 0 bridgehead atoms. The van der Waals surface area contributed by atoms with Gasteiger partial charge >= 0.3 is 0 Å². The molecule has 0 radical (unpaired) electrons. The third-order valence-electron chi connectivity index (χ3n) is 1.60. The van der Waals surface area contributed by atoms with Gasteiger partial charge in [0.05, 0.1) is 6.10 Å². The molecule has 11 heavy (non-hydrogen) atoms. The van der Waals surface area contributed by atoms with Crippen molar-refractivity contribution in [3.05, 3.63) is 35.9 Å².